The molecule has 10 heteroatoms. The van der Waals surface area contributed by atoms with Crippen LogP contribution in [0.5, 0.6) is 11.5 Å². The highest BCUT2D eigenvalue weighted by Crippen LogP contribution is 2.42. The Labute approximate surface area is 227 Å². The number of carboxylic acids is 1. The molecule has 0 spiro atoms. The predicted octanol–water partition coefficient (Wildman–Crippen LogP) is 6.82. The molecule has 198 valence electrons. The van der Waals surface area contributed by atoms with Crippen molar-refractivity contribution in [2.24, 2.45) is 0 Å². The number of aliphatic carboxylic acids is 1. The number of carboxylic acid groups (broad SMARTS) is 1. The minimum Gasteiger partial charge on any atom is -0.491 e. The van der Waals surface area contributed by atoms with Crippen molar-refractivity contribution in [3.63, 3.8) is 0 Å². The molecule has 3 aromatic carbocycles. The van der Waals surface area contributed by atoms with E-state index in [-0.39, 0.29) is 28.0 Å². The third-order valence-corrected chi connectivity index (χ3v) is 8.49. The van der Waals surface area contributed by atoms with Crippen LogP contribution in [0.25, 0.3) is 11.1 Å². The average molecular weight is 567 g/mol. The highest BCUT2D eigenvalue weighted by Gasteiger charge is 2.31. The molecular weight excluding hydrogens is 537 g/mol. The van der Waals surface area contributed by atoms with E-state index in [0.717, 1.165) is 23.1 Å². The second-order valence-corrected chi connectivity index (χ2v) is 11.0. The van der Waals surface area contributed by atoms with Crippen LogP contribution in [0.2, 0.25) is 10.0 Å². The van der Waals surface area contributed by atoms with E-state index in [2.05, 4.69) is 0 Å². The van der Waals surface area contributed by atoms with E-state index >= 15 is 0 Å². The molecule has 7 nitrogen and oxygen atoms in total. The molecule has 37 heavy (non-hydrogen) atoms. The van der Waals surface area contributed by atoms with E-state index in [1.165, 1.54) is 30.5 Å². The van der Waals surface area contributed by atoms with Crippen LogP contribution in [0.3, 0.4) is 0 Å². The number of methoxy groups -OCH3 is 1. The summed E-state index contributed by atoms with van der Waals surface area (Å²) in [4.78, 5) is 11.1. The number of halogens is 2. The topological polar surface area (TPSA) is 93.1 Å². The van der Waals surface area contributed by atoms with Gasteiger partial charge in [0.05, 0.1) is 12.8 Å². The number of carbonyl (C=O) groups is 1. The van der Waals surface area contributed by atoms with Crippen molar-refractivity contribution in [1.29, 1.82) is 0 Å². The number of nitrogens with zero attached hydrogens (tertiary/aromatic N) is 1. The number of benzene rings is 3. The molecule has 1 unspecified atom stereocenters. The Bertz CT molecular complexity index is 1380. The first kappa shape index (κ1) is 28.6. The maximum absolute atomic E-state index is 14.0. The summed E-state index contributed by atoms with van der Waals surface area (Å²) in [5, 5.41) is 9.60. The summed E-state index contributed by atoms with van der Waals surface area (Å²) < 4.78 is 40.2. The Morgan fingerprint density at radius 3 is 2.35 bits per heavy atom. The fourth-order valence-electron chi connectivity index (χ4n) is 3.87. The highest BCUT2D eigenvalue weighted by atomic mass is 35.5. The van der Waals surface area contributed by atoms with E-state index in [9.17, 15) is 18.3 Å². The first-order valence-electron chi connectivity index (χ1n) is 11.7. The van der Waals surface area contributed by atoms with Crippen molar-refractivity contribution in [1.82, 2.24) is 0 Å². The summed E-state index contributed by atoms with van der Waals surface area (Å²) in [7, 11) is -2.84. The van der Waals surface area contributed by atoms with Gasteiger partial charge in [0.15, 0.2) is 17.6 Å². The van der Waals surface area contributed by atoms with Crippen molar-refractivity contribution >= 4 is 44.9 Å². The molecule has 0 fully saturated rings. The van der Waals surface area contributed by atoms with E-state index in [4.69, 9.17) is 32.7 Å². The largest absolute Gasteiger partial charge is 0.491 e. The number of unbranched alkanes of at least 4 members (excludes halogenated alkanes) is 1. The summed E-state index contributed by atoms with van der Waals surface area (Å²) in [5.41, 5.74) is 3.09. The Morgan fingerprint density at radius 2 is 1.76 bits per heavy atom. The summed E-state index contributed by atoms with van der Waals surface area (Å²) in [6, 6.07) is 15.5. The molecule has 0 aliphatic rings. The standard InChI is InChI=1S/C27H29Cl2NO6S/c1-5-6-16-30(22-9-7-8-21(17(22)2)19-10-12-20(28)13-11-19)37(33,34)24-15-14-23(26(35-4)25(24)29)36-18(3)27(31)32/h7-15,18H,5-6,16H2,1-4H3,(H,31,32). The Kier molecular flexibility index (Phi) is 9.34. The molecule has 0 aliphatic heterocycles. The minimum atomic E-state index is -4.15. The zero-order valence-electron chi connectivity index (χ0n) is 21.0. The molecule has 0 radical (unpaired) electrons. The molecule has 0 aromatic heterocycles. The lowest BCUT2D eigenvalue weighted by Gasteiger charge is -2.28. The number of rotatable bonds is 11. The van der Waals surface area contributed by atoms with Crippen LogP contribution in [-0.4, -0.2) is 39.3 Å². The molecule has 0 saturated carbocycles. The average Bonchev–Trinajstić information content (AvgIpc) is 2.85. The third kappa shape index (κ3) is 6.14. The zero-order chi connectivity index (χ0) is 27.3. The summed E-state index contributed by atoms with van der Waals surface area (Å²) in [5.74, 6) is -1.21. The van der Waals surface area contributed by atoms with Gasteiger partial charge in [0.25, 0.3) is 10.0 Å². The minimum absolute atomic E-state index is 0.0300. The Hall–Kier alpha value is -2.94. The second kappa shape index (κ2) is 12.1. The smallest absolute Gasteiger partial charge is 0.344 e. The number of ether oxygens (including phenoxy) is 2. The van der Waals surface area contributed by atoms with Gasteiger partial charge in [0, 0.05) is 11.6 Å². The Morgan fingerprint density at radius 1 is 1.08 bits per heavy atom. The number of anilines is 1. The van der Waals surface area contributed by atoms with E-state index < -0.39 is 22.1 Å². The fraction of sp³-hybridized carbons (Fsp3) is 0.296. The zero-order valence-corrected chi connectivity index (χ0v) is 23.3. The van der Waals surface area contributed by atoms with Gasteiger partial charge in [-0.25, -0.2) is 13.2 Å². The van der Waals surface area contributed by atoms with Crippen LogP contribution in [0, 0.1) is 6.92 Å². The van der Waals surface area contributed by atoms with Gasteiger partial charge in [0.1, 0.15) is 9.92 Å². The van der Waals surface area contributed by atoms with E-state index in [1.54, 1.807) is 18.2 Å². The Balaban J connectivity index is 2.14. The molecular formula is C27H29Cl2NO6S. The molecule has 0 heterocycles. The molecule has 3 aromatic rings. The van der Waals surface area contributed by atoms with E-state index in [0.29, 0.717) is 17.1 Å². The van der Waals surface area contributed by atoms with Gasteiger partial charge in [0.2, 0.25) is 0 Å². The number of hydrogen-bond acceptors (Lipinski definition) is 5. The van der Waals surface area contributed by atoms with Crippen molar-refractivity contribution in [3.05, 3.63) is 70.2 Å². The molecule has 0 amide bonds. The van der Waals surface area contributed by atoms with Crippen molar-refractivity contribution in [2.75, 3.05) is 18.0 Å². The molecule has 1 N–H and O–H groups in total. The number of sulfonamides is 1. The number of hydrogen-bond donors (Lipinski definition) is 1. The SMILES string of the molecule is CCCCN(c1cccc(-c2ccc(Cl)cc2)c1C)S(=O)(=O)c1ccc(OC(C)C(=O)O)c(OC)c1Cl. The van der Waals surface area contributed by atoms with Crippen LogP contribution in [0.15, 0.2) is 59.5 Å². The lowest BCUT2D eigenvalue weighted by Crippen LogP contribution is -2.33. The van der Waals surface area contributed by atoms with Crippen molar-refractivity contribution in [2.45, 2.75) is 44.6 Å². The van der Waals surface area contributed by atoms with Gasteiger partial charge < -0.3 is 14.6 Å². The molecule has 3 rings (SSSR count). The third-order valence-electron chi connectivity index (χ3n) is 5.89. The predicted molar refractivity (Wildman–Crippen MR) is 147 cm³/mol. The van der Waals surface area contributed by atoms with Gasteiger partial charge in [-0.1, -0.05) is 60.8 Å². The van der Waals surface area contributed by atoms with Gasteiger partial charge in [-0.15, -0.1) is 0 Å². The van der Waals surface area contributed by atoms with E-state index in [1.807, 2.05) is 38.1 Å². The van der Waals surface area contributed by atoms with Gasteiger partial charge in [-0.2, -0.15) is 0 Å². The molecule has 1 atom stereocenters. The summed E-state index contributed by atoms with van der Waals surface area (Å²) in [6.45, 7) is 5.44. The highest BCUT2D eigenvalue weighted by molar-refractivity contribution is 7.93. The van der Waals surface area contributed by atoms with Crippen LogP contribution < -0.4 is 13.8 Å². The summed E-state index contributed by atoms with van der Waals surface area (Å²) in [6.07, 6.45) is 0.209. The first-order valence-corrected chi connectivity index (χ1v) is 13.9. The molecule has 0 aliphatic carbocycles. The van der Waals surface area contributed by atoms with Crippen LogP contribution >= 0.6 is 23.2 Å². The van der Waals surface area contributed by atoms with Gasteiger partial charge in [-0.3, -0.25) is 4.31 Å². The normalized spacial score (nSPS) is 12.2. The van der Waals surface area contributed by atoms with Gasteiger partial charge in [-0.05, 0) is 67.3 Å². The first-order chi connectivity index (χ1) is 17.5. The van der Waals surface area contributed by atoms with Crippen molar-refractivity contribution in [3.8, 4) is 22.6 Å². The quantitative estimate of drug-likeness (QED) is 0.274. The fourth-order valence-corrected chi connectivity index (χ4v) is 6.14. The lowest BCUT2D eigenvalue weighted by atomic mass is 9.99. The van der Waals surface area contributed by atoms with Crippen LogP contribution in [0.4, 0.5) is 5.69 Å². The van der Waals surface area contributed by atoms with Crippen LogP contribution in [-0.2, 0) is 14.8 Å². The molecule has 0 bridgehead atoms. The monoisotopic (exact) mass is 565 g/mol. The maximum atomic E-state index is 14.0. The van der Waals surface area contributed by atoms with Crippen molar-refractivity contribution < 1.29 is 27.8 Å². The van der Waals surface area contributed by atoms with Gasteiger partial charge >= 0.3 is 5.97 Å². The lowest BCUT2D eigenvalue weighted by molar-refractivity contribution is -0.144. The molecule has 0 saturated heterocycles. The second-order valence-electron chi connectivity index (χ2n) is 8.39. The van der Waals surface area contributed by atoms with Crippen LogP contribution in [0.1, 0.15) is 32.3 Å². The summed E-state index contributed by atoms with van der Waals surface area (Å²) >= 11 is 12.6. The maximum Gasteiger partial charge on any atom is 0.344 e.